The highest BCUT2D eigenvalue weighted by atomic mass is 28.3. The SMILES string of the molecule is CC(NC(=O)c1cn(COCC[Si](C)(C)C)c2ncc(-c3nn(CCN4CCOCC4)c4cc(F)ccc34)nc12)c1ccncc1. The van der Waals surface area contributed by atoms with Crippen LogP contribution in [0.1, 0.15) is 28.9 Å². The summed E-state index contributed by atoms with van der Waals surface area (Å²) in [6, 6.07) is 9.19. The lowest BCUT2D eigenvalue weighted by Gasteiger charge is -2.26. The Labute approximate surface area is 268 Å². The van der Waals surface area contributed by atoms with Crippen molar-refractivity contribution in [1.29, 1.82) is 0 Å². The zero-order valence-electron chi connectivity index (χ0n) is 26.9. The highest BCUT2D eigenvalue weighted by Gasteiger charge is 2.23. The van der Waals surface area contributed by atoms with Gasteiger partial charge < -0.3 is 19.4 Å². The molecule has 0 aliphatic carbocycles. The number of fused-ring (bicyclic) bond motifs is 2. The molecule has 1 aliphatic heterocycles. The van der Waals surface area contributed by atoms with Crippen molar-refractivity contribution in [2.75, 3.05) is 39.5 Å². The van der Waals surface area contributed by atoms with Crippen LogP contribution in [0.15, 0.2) is 55.1 Å². The summed E-state index contributed by atoms with van der Waals surface area (Å²) in [5, 5.41) is 8.76. The first kappa shape index (κ1) is 31.9. The molecule has 0 saturated carbocycles. The van der Waals surface area contributed by atoms with Crippen LogP contribution in [-0.4, -0.2) is 87.6 Å². The summed E-state index contributed by atoms with van der Waals surface area (Å²) in [6.45, 7) is 14.2. The fraction of sp³-hybridized carbons (Fsp3) is 0.424. The Bertz CT molecular complexity index is 1810. The number of aromatic nitrogens is 6. The first-order chi connectivity index (χ1) is 22.2. The van der Waals surface area contributed by atoms with Gasteiger partial charge in [-0.05, 0) is 48.9 Å². The summed E-state index contributed by atoms with van der Waals surface area (Å²) in [4.78, 5) is 29.9. The third kappa shape index (κ3) is 7.33. The Morgan fingerprint density at radius 3 is 2.67 bits per heavy atom. The minimum absolute atomic E-state index is 0.251. The number of ether oxygens (including phenoxy) is 2. The molecule has 1 aromatic carbocycles. The minimum Gasteiger partial charge on any atom is -0.379 e. The van der Waals surface area contributed by atoms with Crippen molar-refractivity contribution in [3.8, 4) is 11.4 Å². The van der Waals surface area contributed by atoms with Crippen molar-refractivity contribution in [3.63, 3.8) is 0 Å². The van der Waals surface area contributed by atoms with Gasteiger partial charge >= 0.3 is 0 Å². The molecule has 1 saturated heterocycles. The van der Waals surface area contributed by atoms with Gasteiger partial charge in [0.1, 0.15) is 29.5 Å². The summed E-state index contributed by atoms with van der Waals surface area (Å²) in [5.74, 6) is -0.605. The standard InChI is InChI=1S/C33H41FN8O3Si/c1-23(24-7-9-35-10-8-24)37-33(43)27-21-41(22-45-17-18-46(2,3)4)32-31(27)38-28(20-36-32)30-26-6-5-25(34)19-29(26)42(39-30)12-11-40-13-15-44-16-14-40/h5-10,19-21,23H,11-18,22H2,1-4H3,(H,37,43). The van der Waals surface area contributed by atoms with Crippen molar-refractivity contribution in [3.05, 3.63) is 72.1 Å². The molecular weight excluding hydrogens is 604 g/mol. The van der Waals surface area contributed by atoms with E-state index in [9.17, 15) is 9.18 Å². The van der Waals surface area contributed by atoms with Crippen LogP contribution < -0.4 is 5.32 Å². The second-order valence-electron chi connectivity index (χ2n) is 13.0. The van der Waals surface area contributed by atoms with Gasteiger partial charge in [-0.3, -0.25) is 19.4 Å². The van der Waals surface area contributed by atoms with Crippen LogP contribution in [0.4, 0.5) is 4.39 Å². The molecule has 1 aliphatic rings. The summed E-state index contributed by atoms with van der Waals surface area (Å²) in [6.07, 6.45) is 6.83. The van der Waals surface area contributed by atoms with Gasteiger partial charge in [0.25, 0.3) is 5.91 Å². The molecule has 1 fully saturated rings. The van der Waals surface area contributed by atoms with E-state index < -0.39 is 8.07 Å². The summed E-state index contributed by atoms with van der Waals surface area (Å²) >= 11 is 0. The number of hydrogen-bond donors (Lipinski definition) is 1. The monoisotopic (exact) mass is 644 g/mol. The van der Waals surface area contributed by atoms with Gasteiger partial charge in [0.15, 0.2) is 5.65 Å². The van der Waals surface area contributed by atoms with Crippen LogP contribution in [0.3, 0.4) is 0 Å². The van der Waals surface area contributed by atoms with E-state index in [0.29, 0.717) is 60.0 Å². The van der Waals surface area contributed by atoms with E-state index in [1.54, 1.807) is 30.9 Å². The molecule has 4 aromatic heterocycles. The van der Waals surface area contributed by atoms with Crippen LogP contribution in [0.5, 0.6) is 0 Å². The van der Waals surface area contributed by atoms with Gasteiger partial charge in [-0.15, -0.1) is 0 Å². The molecule has 11 nitrogen and oxygen atoms in total. The number of nitrogens with one attached hydrogen (secondary N) is 1. The highest BCUT2D eigenvalue weighted by Crippen LogP contribution is 2.30. The van der Waals surface area contributed by atoms with E-state index >= 15 is 0 Å². The topological polar surface area (TPSA) is 112 Å². The average molecular weight is 645 g/mol. The van der Waals surface area contributed by atoms with E-state index in [4.69, 9.17) is 24.5 Å². The van der Waals surface area contributed by atoms with Gasteiger partial charge in [-0.2, -0.15) is 5.10 Å². The lowest BCUT2D eigenvalue weighted by molar-refractivity contribution is 0.0361. The van der Waals surface area contributed by atoms with E-state index in [1.165, 1.54) is 12.1 Å². The van der Waals surface area contributed by atoms with Gasteiger partial charge in [-0.1, -0.05) is 19.6 Å². The lowest BCUT2D eigenvalue weighted by Crippen LogP contribution is -2.38. The molecule has 0 spiro atoms. The molecule has 13 heteroatoms. The predicted octanol–water partition coefficient (Wildman–Crippen LogP) is 5.12. The molecule has 1 unspecified atom stereocenters. The number of nitrogens with zero attached hydrogens (tertiary/aromatic N) is 7. The zero-order chi connectivity index (χ0) is 32.3. The summed E-state index contributed by atoms with van der Waals surface area (Å²) in [5.41, 5.74) is 4.09. The van der Waals surface area contributed by atoms with E-state index in [1.807, 2.05) is 28.3 Å². The summed E-state index contributed by atoms with van der Waals surface area (Å²) < 4.78 is 29.6. The van der Waals surface area contributed by atoms with Crippen molar-refractivity contribution in [2.45, 2.75) is 51.9 Å². The first-order valence-corrected chi connectivity index (χ1v) is 19.5. The van der Waals surface area contributed by atoms with Crippen LogP contribution in [0, 0.1) is 5.82 Å². The van der Waals surface area contributed by atoms with E-state index in [0.717, 1.165) is 36.6 Å². The largest absolute Gasteiger partial charge is 0.379 e. The quantitative estimate of drug-likeness (QED) is 0.147. The number of benzene rings is 1. The van der Waals surface area contributed by atoms with Crippen molar-refractivity contribution in [1.82, 2.24) is 39.5 Å². The maximum Gasteiger partial charge on any atom is 0.255 e. The van der Waals surface area contributed by atoms with Crippen LogP contribution >= 0.6 is 0 Å². The molecule has 5 aromatic rings. The number of rotatable bonds is 12. The molecule has 1 atom stereocenters. The Kier molecular flexibility index (Phi) is 9.54. The number of halogens is 1. The molecule has 5 heterocycles. The summed E-state index contributed by atoms with van der Waals surface area (Å²) in [7, 11) is -1.27. The Morgan fingerprint density at radius 2 is 1.91 bits per heavy atom. The Morgan fingerprint density at radius 1 is 1.13 bits per heavy atom. The molecular formula is C33H41FN8O3Si. The lowest BCUT2D eigenvalue weighted by atomic mass is 10.1. The van der Waals surface area contributed by atoms with E-state index in [2.05, 4.69) is 34.8 Å². The normalized spacial score (nSPS) is 15.1. The molecule has 46 heavy (non-hydrogen) atoms. The number of hydrogen-bond acceptors (Lipinski definition) is 8. The molecule has 6 rings (SSSR count). The van der Waals surface area contributed by atoms with Crippen LogP contribution in [-0.2, 0) is 22.7 Å². The van der Waals surface area contributed by atoms with Crippen LogP contribution in [0.2, 0.25) is 25.7 Å². The highest BCUT2D eigenvalue weighted by molar-refractivity contribution is 6.76. The van der Waals surface area contributed by atoms with E-state index in [-0.39, 0.29) is 24.5 Å². The van der Waals surface area contributed by atoms with Gasteiger partial charge in [0.05, 0.1) is 43.1 Å². The zero-order valence-corrected chi connectivity index (χ0v) is 27.9. The first-order valence-electron chi connectivity index (χ1n) is 15.8. The molecule has 0 radical (unpaired) electrons. The molecule has 1 amide bonds. The Hall–Kier alpha value is -4.04. The second-order valence-corrected chi connectivity index (χ2v) is 18.6. The molecule has 242 valence electrons. The Balaban J connectivity index is 1.35. The van der Waals surface area contributed by atoms with Gasteiger partial charge in [-0.25, -0.2) is 14.4 Å². The van der Waals surface area contributed by atoms with Crippen molar-refractivity contribution < 1.29 is 18.7 Å². The molecule has 1 N–H and O–H groups in total. The van der Waals surface area contributed by atoms with Gasteiger partial charge in [0, 0.05) is 58.3 Å². The van der Waals surface area contributed by atoms with Gasteiger partial charge in [0.2, 0.25) is 0 Å². The average Bonchev–Trinajstić information content (AvgIpc) is 3.60. The molecule has 0 bridgehead atoms. The fourth-order valence-electron chi connectivity index (χ4n) is 5.55. The van der Waals surface area contributed by atoms with Crippen molar-refractivity contribution in [2.24, 2.45) is 0 Å². The third-order valence-electron chi connectivity index (χ3n) is 8.28. The maximum atomic E-state index is 14.4. The minimum atomic E-state index is -1.27. The third-order valence-corrected chi connectivity index (χ3v) is 9.98. The number of morpholine rings is 1. The van der Waals surface area contributed by atoms with Crippen molar-refractivity contribution >= 4 is 36.0 Å². The predicted molar refractivity (Wildman–Crippen MR) is 178 cm³/mol. The number of amides is 1. The number of carbonyl (C=O) groups is 1. The van der Waals surface area contributed by atoms with Crippen LogP contribution in [0.25, 0.3) is 33.5 Å². The number of pyridine rings is 1. The second kappa shape index (κ2) is 13.8. The number of carbonyl (C=O) groups excluding carboxylic acids is 1. The maximum absolute atomic E-state index is 14.4. The smallest absolute Gasteiger partial charge is 0.255 e. The fourth-order valence-corrected chi connectivity index (χ4v) is 6.31.